The summed E-state index contributed by atoms with van der Waals surface area (Å²) in [6, 6.07) is 13.4. The van der Waals surface area contributed by atoms with Crippen molar-refractivity contribution in [2.24, 2.45) is 0 Å². The third-order valence-electron chi connectivity index (χ3n) is 4.60. The molecule has 0 N–H and O–H groups in total. The van der Waals surface area contributed by atoms with Gasteiger partial charge < -0.3 is 14.4 Å². The number of fused-ring (bicyclic) bond motifs is 1. The van der Waals surface area contributed by atoms with Gasteiger partial charge >= 0.3 is 0 Å². The van der Waals surface area contributed by atoms with Crippen LogP contribution in [0.4, 0.5) is 5.69 Å². The zero-order valence-electron chi connectivity index (χ0n) is 14.6. The molecule has 2 aromatic carbocycles. The lowest BCUT2D eigenvalue weighted by molar-refractivity contribution is -0.137. The van der Waals surface area contributed by atoms with Crippen LogP contribution in [0.25, 0.3) is 0 Å². The van der Waals surface area contributed by atoms with Gasteiger partial charge in [-0.3, -0.25) is 14.4 Å². The summed E-state index contributed by atoms with van der Waals surface area (Å²) in [6.45, 7) is 2.06. The van der Waals surface area contributed by atoms with E-state index in [4.69, 9.17) is 9.47 Å². The zero-order chi connectivity index (χ0) is 18.8. The summed E-state index contributed by atoms with van der Waals surface area (Å²) >= 11 is 0. The van der Waals surface area contributed by atoms with Crippen LogP contribution in [0.2, 0.25) is 0 Å². The van der Waals surface area contributed by atoms with Crippen LogP contribution in [0, 0.1) is 0 Å². The monoisotopic (exact) mass is 366 g/mol. The predicted octanol–water partition coefficient (Wildman–Crippen LogP) is 1.72. The van der Waals surface area contributed by atoms with E-state index in [1.165, 1.54) is 0 Å². The Balaban J connectivity index is 1.48. The molecule has 2 aliphatic rings. The number of amides is 3. The molecule has 1 saturated heterocycles. The quantitative estimate of drug-likeness (QED) is 0.770. The largest absolute Gasteiger partial charge is 0.484 e. The molecule has 7 nitrogen and oxygen atoms in total. The van der Waals surface area contributed by atoms with Gasteiger partial charge in [0.25, 0.3) is 17.7 Å². The van der Waals surface area contributed by atoms with E-state index in [9.17, 15) is 14.4 Å². The molecule has 0 radical (unpaired) electrons. The normalized spacial score (nSPS) is 16.4. The Morgan fingerprint density at radius 3 is 2.30 bits per heavy atom. The van der Waals surface area contributed by atoms with Crippen LogP contribution < -0.4 is 9.64 Å². The van der Waals surface area contributed by atoms with Crippen LogP contribution in [-0.4, -0.2) is 55.5 Å². The minimum atomic E-state index is -0.364. The molecule has 1 fully saturated rings. The van der Waals surface area contributed by atoms with E-state index in [1.54, 1.807) is 53.4 Å². The highest BCUT2D eigenvalue weighted by molar-refractivity contribution is 6.34. The number of rotatable bonds is 4. The van der Waals surface area contributed by atoms with Crippen LogP contribution in [0.5, 0.6) is 5.75 Å². The van der Waals surface area contributed by atoms with Crippen molar-refractivity contribution < 1.29 is 23.9 Å². The molecule has 138 valence electrons. The van der Waals surface area contributed by atoms with Crippen LogP contribution in [0.15, 0.2) is 48.5 Å². The highest BCUT2D eigenvalue weighted by Gasteiger charge is 2.36. The van der Waals surface area contributed by atoms with Gasteiger partial charge in [0.15, 0.2) is 6.61 Å². The number of anilines is 1. The smallest absolute Gasteiger partial charge is 0.266 e. The number of benzene rings is 2. The first-order chi connectivity index (χ1) is 13.1. The molecule has 0 unspecified atom stereocenters. The maximum Gasteiger partial charge on any atom is 0.266 e. The van der Waals surface area contributed by atoms with Gasteiger partial charge in [0.2, 0.25) is 0 Å². The van der Waals surface area contributed by atoms with Crippen LogP contribution >= 0.6 is 0 Å². The highest BCUT2D eigenvalue weighted by atomic mass is 16.5. The molecule has 3 amide bonds. The van der Waals surface area contributed by atoms with Crippen molar-refractivity contribution in [3.8, 4) is 5.75 Å². The van der Waals surface area contributed by atoms with Gasteiger partial charge in [-0.1, -0.05) is 18.2 Å². The number of hydrogen-bond acceptors (Lipinski definition) is 5. The number of carbonyl (C=O) groups excluding carboxylic acids is 3. The number of nitrogens with zero attached hydrogens (tertiary/aromatic N) is 2. The van der Waals surface area contributed by atoms with Gasteiger partial charge in [-0.2, -0.15) is 0 Å². The lowest BCUT2D eigenvalue weighted by atomic mass is 10.1. The number of hydrogen-bond donors (Lipinski definition) is 0. The average Bonchev–Trinajstić information content (AvgIpc) is 2.98. The van der Waals surface area contributed by atoms with Gasteiger partial charge in [-0.05, 0) is 24.3 Å². The van der Waals surface area contributed by atoms with E-state index >= 15 is 0 Å². The fourth-order valence-electron chi connectivity index (χ4n) is 3.19. The summed E-state index contributed by atoms with van der Waals surface area (Å²) in [5.41, 5.74) is 1.19. The lowest BCUT2D eigenvalue weighted by Gasteiger charge is -2.26. The van der Waals surface area contributed by atoms with Crippen molar-refractivity contribution in [2.75, 3.05) is 37.8 Å². The van der Waals surface area contributed by atoms with Crippen molar-refractivity contribution in [1.29, 1.82) is 0 Å². The number of morpholine rings is 1. The van der Waals surface area contributed by atoms with Crippen molar-refractivity contribution in [3.05, 3.63) is 59.7 Å². The Labute approximate surface area is 156 Å². The topological polar surface area (TPSA) is 76.2 Å². The molecule has 0 aliphatic carbocycles. The van der Waals surface area contributed by atoms with E-state index in [1.807, 2.05) is 0 Å². The number of ether oxygens (including phenoxy) is 2. The minimum absolute atomic E-state index is 0.106. The Morgan fingerprint density at radius 1 is 0.963 bits per heavy atom. The molecule has 0 bridgehead atoms. The standard InChI is InChI=1S/C20H18N2O5/c23-18(21-8-10-26-11-9-21)13-27-15-5-3-4-14(12-15)22-19(24)16-6-1-2-7-17(16)20(22)25/h1-7,12H,8-11,13H2. The molecule has 27 heavy (non-hydrogen) atoms. The maximum absolute atomic E-state index is 12.6. The van der Waals surface area contributed by atoms with Crippen LogP contribution in [0.1, 0.15) is 20.7 Å². The number of carbonyl (C=O) groups is 3. The van der Waals surface area contributed by atoms with Crippen molar-refractivity contribution in [1.82, 2.24) is 4.90 Å². The SMILES string of the molecule is O=C(COc1cccc(N2C(=O)c3ccccc3C2=O)c1)N1CCOCC1. The summed E-state index contributed by atoms with van der Waals surface area (Å²) in [7, 11) is 0. The molecule has 7 heteroatoms. The summed E-state index contributed by atoms with van der Waals surface area (Å²) in [6.07, 6.45) is 0. The molecular formula is C20H18N2O5. The summed E-state index contributed by atoms with van der Waals surface area (Å²) in [4.78, 5) is 40.2. The van der Waals surface area contributed by atoms with Gasteiger partial charge in [0.1, 0.15) is 5.75 Å². The van der Waals surface area contributed by atoms with E-state index in [2.05, 4.69) is 0 Å². The van der Waals surface area contributed by atoms with Crippen molar-refractivity contribution in [3.63, 3.8) is 0 Å². The second-order valence-electron chi connectivity index (χ2n) is 6.27. The van der Waals surface area contributed by atoms with Crippen molar-refractivity contribution >= 4 is 23.4 Å². The summed E-state index contributed by atoms with van der Waals surface area (Å²) in [5.74, 6) is -0.426. The fourth-order valence-corrected chi connectivity index (χ4v) is 3.19. The average molecular weight is 366 g/mol. The zero-order valence-corrected chi connectivity index (χ0v) is 14.6. The highest BCUT2D eigenvalue weighted by Crippen LogP contribution is 2.30. The van der Waals surface area contributed by atoms with Crippen LogP contribution in [0.3, 0.4) is 0 Å². The maximum atomic E-state index is 12.6. The van der Waals surface area contributed by atoms with E-state index < -0.39 is 0 Å². The summed E-state index contributed by atoms with van der Waals surface area (Å²) < 4.78 is 10.8. The first-order valence-corrected chi connectivity index (χ1v) is 8.71. The summed E-state index contributed by atoms with van der Waals surface area (Å²) in [5, 5.41) is 0. The van der Waals surface area contributed by atoms with Gasteiger partial charge in [0, 0.05) is 19.2 Å². The molecule has 0 atom stereocenters. The van der Waals surface area contributed by atoms with E-state index in [0.29, 0.717) is 48.9 Å². The van der Waals surface area contributed by atoms with E-state index in [0.717, 1.165) is 4.90 Å². The lowest BCUT2D eigenvalue weighted by Crippen LogP contribution is -2.43. The molecular weight excluding hydrogens is 348 g/mol. The Bertz CT molecular complexity index is 870. The first kappa shape index (κ1) is 17.2. The Hall–Kier alpha value is -3.19. The Kier molecular flexibility index (Phi) is 4.60. The third-order valence-corrected chi connectivity index (χ3v) is 4.60. The molecule has 0 saturated carbocycles. The molecule has 0 aromatic heterocycles. The van der Waals surface area contributed by atoms with Crippen molar-refractivity contribution in [2.45, 2.75) is 0 Å². The molecule has 4 rings (SSSR count). The molecule has 2 aliphatic heterocycles. The molecule has 2 heterocycles. The van der Waals surface area contributed by atoms with Gasteiger partial charge in [0.05, 0.1) is 30.0 Å². The Morgan fingerprint density at radius 2 is 1.63 bits per heavy atom. The molecule has 2 aromatic rings. The third kappa shape index (κ3) is 3.29. The van der Waals surface area contributed by atoms with Crippen LogP contribution in [-0.2, 0) is 9.53 Å². The van der Waals surface area contributed by atoms with Gasteiger partial charge in [-0.25, -0.2) is 4.90 Å². The molecule has 0 spiro atoms. The predicted molar refractivity (Wildman–Crippen MR) is 96.9 cm³/mol. The van der Waals surface area contributed by atoms with Gasteiger partial charge in [-0.15, -0.1) is 0 Å². The van der Waals surface area contributed by atoms with E-state index in [-0.39, 0.29) is 24.3 Å². The first-order valence-electron chi connectivity index (χ1n) is 8.71. The number of imide groups is 1. The second kappa shape index (κ2) is 7.20. The second-order valence-corrected chi connectivity index (χ2v) is 6.27. The minimum Gasteiger partial charge on any atom is -0.484 e. The fraction of sp³-hybridized carbons (Fsp3) is 0.250.